The smallest absolute Gasteiger partial charge is 0.239 e. The SMILES string of the molecule is C[C@H]1OCCN[C@@H]1C(=O)NCCC(=O)NCc1ccccc1.Cl. The zero-order valence-corrected chi connectivity index (χ0v) is 14.0. The van der Waals surface area contributed by atoms with Crippen molar-refractivity contribution in [3.8, 4) is 0 Å². The maximum absolute atomic E-state index is 12.0. The molecule has 1 aliphatic heterocycles. The highest BCUT2D eigenvalue weighted by molar-refractivity contribution is 5.85. The monoisotopic (exact) mass is 341 g/mol. The van der Waals surface area contributed by atoms with Gasteiger partial charge in [-0.05, 0) is 12.5 Å². The third-order valence-corrected chi connectivity index (χ3v) is 3.58. The maximum Gasteiger partial charge on any atom is 0.239 e. The van der Waals surface area contributed by atoms with Gasteiger partial charge in [0.15, 0.2) is 0 Å². The van der Waals surface area contributed by atoms with E-state index in [-0.39, 0.29) is 42.8 Å². The van der Waals surface area contributed by atoms with Crippen LogP contribution in [0.25, 0.3) is 0 Å². The molecule has 0 saturated carbocycles. The lowest BCUT2D eigenvalue weighted by Crippen LogP contribution is -2.55. The molecule has 7 heteroatoms. The Bertz CT molecular complexity index is 499. The van der Waals surface area contributed by atoms with E-state index in [1.54, 1.807) is 0 Å². The zero-order valence-electron chi connectivity index (χ0n) is 13.2. The number of halogens is 1. The molecule has 1 aromatic rings. The third-order valence-electron chi connectivity index (χ3n) is 3.58. The molecular formula is C16H24ClN3O3. The molecule has 3 N–H and O–H groups in total. The van der Waals surface area contributed by atoms with E-state index < -0.39 is 0 Å². The van der Waals surface area contributed by atoms with E-state index in [1.165, 1.54) is 0 Å². The average molecular weight is 342 g/mol. The lowest BCUT2D eigenvalue weighted by molar-refractivity contribution is -0.129. The topological polar surface area (TPSA) is 79.5 Å². The molecule has 0 aromatic heterocycles. The minimum absolute atomic E-state index is 0. The summed E-state index contributed by atoms with van der Waals surface area (Å²) in [6.07, 6.45) is 0.112. The largest absolute Gasteiger partial charge is 0.375 e. The number of carbonyl (C=O) groups is 2. The molecule has 2 atom stereocenters. The molecule has 1 heterocycles. The first-order valence-corrected chi connectivity index (χ1v) is 7.60. The number of rotatable bonds is 6. The van der Waals surface area contributed by atoms with Gasteiger partial charge >= 0.3 is 0 Å². The van der Waals surface area contributed by atoms with E-state index in [2.05, 4.69) is 16.0 Å². The van der Waals surface area contributed by atoms with Gasteiger partial charge in [0.1, 0.15) is 6.04 Å². The van der Waals surface area contributed by atoms with Crippen molar-refractivity contribution in [2.75, 3.05) is 19.7 Å². The highest BCUT2D eigenvalue weighted by atomic mass is 35.5. The van der Waals surface area contributed by atoms with E-state index in [4.69, 9.17) is 4.74 Å². The van der Waals surface area contributed by atoms with Crippen LogP contribution in [0, 0.1) is 0 Å². The molecule has 128 valence electrons. The van der Waals surface area contributed by atoms with Gasteiger partial charge in [-0.15, -0.1) is 12.4 Å². The molecule has 23 heavy (non-hydrogen) atoms. The summed E-state index contributed by atoms with van der Waals surface area (Å²) in [5.74, 6) is -0.201. The number of ether oxygens (including phenoxy) is 1. The summed E-state index contributed by atoms with van der Waals surface area (Å²) >= 11 is 0. The van der Waals surface area contributed by atoms with Crippen LogP contribution in [0.3, 0.4) is 0 Å². The second-order valence-electron chi connectivity index (χ2n) is 5.31. The first-order valence-electron chi connectivity index (χ1n) is 7.60. The Morgan fingerprint density at radius 1 is 1.26 bits per heavy atom. The van der Waals surface area contributed by atoms with Crippen LogP contribution in [0.2, 0.25) is 0 Å². The van der Waals surface area contributed by atoms with Crippen LogP contribution >= 0.6 is 12.4 Å². The second kappa shape index (κ2) is 10.2. The van der Waals surface area contributed by atoms with Crippen LogP contribution in [0.5, 0.6) is 0 Å². The Labute approximate surface area is 142 Å². The molecule has 1 saturated heterocycles. The van der Waals surface area contributed by atoms with Crippen molar-refractivity contribution in [2.24, 2.45) is 0 Å². The molecule has 2 rings (SSSR count). The molecule has 0 spiro atoms. The number of nitrogens with one attached hydrogen (secondary N) is 3. The molecule has 0 radical (unpaired) electrons. The summed E-state index contributed by atoms with van der Waals surface area (Å²) in [4.78, 5) is 23.7. The molecule has 2 amide bonds. The highest BCUT2D eigenvalue weighted by Crippen LogP contribution is 2.03. The average Bonchev–Trinajstić information content (AvgIpc) is 2.54. The quantitative estimate of drug-likeness (QED) is 0.708. The first-order chi connectivity index (χ1) is 10.7. The molecule has 1 aromatic carbocycles. The maximum atomic E-state index is 12.0. The van der Waals surface area contributed by atoms with E-state index >= 15 is 0 Å². The van der Waals surface area contributed by atoms with Gasteiger partial charge < -0.3 is 20.7 Å². The Morgan fingerprint density at radius 2 is 2.00 bits per heavy atom. The van der Waals surface area contributed by atoms with Crippen molar-refractivity contribution in [1.82, 2.24) is 16.0 Å². The number of carbonyl (C=O) groups excluding carboxylic acids is 2. The minimum Gasteiger partial charge on any atom is -0.375 e. The van der Waals surface area contributed by atoms with Crippen molar-refractivity contribution in [3.05, 3.63) is 35.9 Å². The number of amides is 2. The lowest BCUT2D eigenvalue weighted by atomic mass is 10.1. The van der Waals surface area contributed by atoms with Crippen LogP contribution in [0.15, 0.2) is 30.3 Å². The number of hydrogen-bond donors (Lipinski definition) is 3. The van der Waals surface area contributed by atoms with Crippen LogP contribution in [0.1, 0.15) is 18.9 Å². The van der Waals surface area contributed by atoms with Crippen molar-refractivity contribution in [3.63, 3.8) is 0 Å². The Morgan fingerprint density at radius 3 is 2.70 bits per heavy atom. The van der Waals surface area contributed by atoms with Crippen LogP contribution in [-0.2, 0) is 20.9 Å². The lowest BCUT2D eigenvalue weighted by Gasteiger charge is -2.29. The summed E-state index contributed by atoms with van der Waals surface area (Å²) in [7, 11) is 0. The molecule has 0 unspecified atom stereocenters. The molecule has 1 fully saturated rings. The molecule has 0 aliphatic carbocycles. The van der Waals surface area contributed by atoms with Gasteiger partial charge in [-0.25, -0.2) is 0 Å². The summed E-state index contributed by atoms with van der Waals surface area (Å²) in [5.41, 5.74) is 1.05. The standard InChI is InChI=1S/C16H23N3O3.ClH/c1-12-15(17-9-10-22-12)16(21)18-8-7-14(20)19-11-13-5-3-2-4-6-13;/h2-6,12,15,17H,7-11H2,1H3,(H,18,21)(H,19,20);1H/t12-,15+;/m1./s1. The Balaban J connectivity index is 0.00000264. The second-order valence-corrected chi connectivity index (χ2v) is 5.31. The predicted octanol–water partition coefficient (Wildman–Crippen LogP) is 0.608. The third kappa shape index (κ3) is 6.56. The van der Waals surface area contributed by atoms with E-state index in [1.807, 2.05) is 37.3 Å². The van der Waals surface area contributed by atoms with E-state index in [0.29, 0.717) is 26.2 Å². The molecular weight excluding hydrogens is 318 g/mol. The fourth-order valence-corrected chi connectivity index (χ4v) is 2.32. The van der Waals surface area contributed by atoms with Gasteiger partial charge in [0, 0.05) is 26.1 Å². The van der Waals surface area contributed by atoms with Crippen LogP contribution < -0.4 is 16.0 Å². The van der Waals surface area contributed by atoms with Gasteiger partial charge in [0.25, 0.3) is 0 Å². The number of morpholine rings is 1. The van der Waals surface area contributed by atoms with Gasteiger partial charge in [-0.1, -0.05) is 30.3 Å². The first kappa shape index (κ1) is 19.4. The Kier molecular flexibility index (Phi) is 8.61. The summed E-state index contributed by atoms with van der Waals surface area (Å²) in [6, 6.07) is 9.37. The number of hydrogen-bond acceptors (Lipinski definition) is 4. The van der Waals surface area contributed by atoms with Crippen LogP contribution in [0.4, 0.5) is 0 Å². The van der Waals surface area contributed by atoms with Gasteiger partial charge in [0.05, 0.1) is 12.7 Å². The van der Waals surface area contributed by atoms with Crippen molar-refractivity contribution < 1.29 is 14.3 Å². The van der Waals surface area contributed by atoms with Crippen LogP contribution in [-0.4, -0.2) is 43.7 Å². The summed E-state index contributed by atoms with van der Waals surface area (Å²) in [5, 5.41) is 8.72. The molecule has 6 nitrogen and oxygen atoms in total. The van der Waals surface area contributed by atoms with E-state index in [0.717, 1.165) is 5.56 Å². The Hall–Kier alpha value is -1.63. The van der Waals surface area contributed by atoms with Crippen molar-refractivity contribution in [1.29, 1.82) is 0 Å². The number of benzene rings is 1. The highest BCUT2D eigenvalue weighted by Gasteiger charge is 2.27. The predicted molar refractivity (Wildman–Crippen MR) is 90.4 cm³/mol. The molecule has 1 aliphatic rings. The van der Waals surface area contributed by atoms with Gasteiger partial charge in [0.2, 0.25) is 11.8 Å². The molecule has 0 bridgehead atoms. The van der Waals surface area contributed by atoms with Crippen molar-refractivity contribution >= 4 is 24.2 Å². The van der Waals surface area contributed by atoms with Crippen molar-refractivity contribution in [2.45, 2.75) is 32.0 Å². The summed E-state index contributed by atoms with van der Waals surface area (Å²) < 4.78 is 5.42. The van der Waals surface area contributed by atoms with Gasteiger partial charge in [-0.3, -0.25) is 9.59 Å². The fraction of sp³-hybridized carbons (Fsp3) is 0.500. The normalized spacial score (nSPS) is 20.2. The zero-order chi connectivity index (χ0) is 15.8. The van der Waals surface area contributed by atoms with E-state index in [9.17, 15) is 9.59 Å². The fourth-order valence-electron chi connectivity index (χ4n) is 2.32. The van der Waals surface area contributed by atoms with Gasteiger partial charge in [-0.2, -0.15) is 0 Å². The summed E-state index contributed by atoms with van der Waals surface area (Å²) in [6.45, 7) is 3.98. The minimum atomic E-state index is -0.346.